The normalized spacial score (nSPS) is 32.3. The van der Waals surface area contributed by atoms with Gasteiger partial charge in [0.1, 0.15) is 0 Å². The van der Waals surface area contributed by atoms with Gasteiger partial charge in [-0.2, -0.15) is 0 Å². The maximum absolute atomic E-state index is 8.89. The van der Waals surface area contributed by atoms with Crippen molar-refractivity contribution in [3.63, 3.8) is 0 Å². The van der Waals surface area contributed by atoms with Gasteiger partial charge in [-0.3, -0.25) is 9.80 Å². The van der Waals surface area contributed by atoms with E-state index >= 15 is 0 Å². The smallest absolute Gasteiger partial charge is 0.0558 e. The van der Waals surface area contributed by atoms with Gasteiger partial charge in [0.05, 0.1) is 6.61 Å². The van der Waals surface area contributed by atoms with E-state index < -0.39 is 0 Å². The van der Waals surface area contributed by atoms with E-state index in [2.05, 4.69) is 30.6 Å². The molecule has 1 aliphatic rings. The minimum atomic E-state index is 0.281. The second kappa shape index (κ2) is 4.94. The van der Waals surface area contributed by atoms with Crippen molar-refractivity contribution >= 4 is 0 Å². The first-order chi connectivity index (χ1) is 6.19. The van der Waals surface area contributed by atoms with E-state index in [0.717, 1.165) is 26.2 Å². The Morgan fingerprint density at radius 3 is 2.23 bits per heavy atom. The Kier molecular flexibility index (Phi) is 4.16. The summed E-state index contributed by atoms with van der Waals surface area (Å²) < 4.78 is 0. The average Bonchev–Trinajstić information content (AvgIpc) is 2.11. The van der Waals surface area contributed by atoms with Crippen LogP contribution in [0.3, 0.4) is 0 Å². The number of aliphatic hydroxyl groups excluding tert-OH is 1. The zero-order valence-corrected chi connectivity index (χ0v) is 9.03. The van der Waals surface area contributed by atoms with Crippen molar-refractivity contribution in [2.24, 2.45) is 0 Å². The van der Waals surface area contributed by atoms with Crippen LogP contribution in [-0.2, 0) is 0 Å². The summed E-state index contributed by atoms with van der Waals surface area (Å²) in [6.07, 6.45) is 0. The third kappa shape index (κ3) is 2.66. The van der Waals surface area contributed by atoms with Gasteiger partial charge in [0.15, 0.2) is 0 Å². The number of aliphatic hydroxyl groups is 1. The van der Waals surface area contributed by atoms with Gasteiger partial charge in [0.25, 0.3) is 0 Å². The van der Waals surface area contributed by atoms with Crippen LogP contribution in [0.1, 0.15) is 20.8 Å². The zero-order chi connectivity index (χ0) is 9.84. The summed E-state index contributed by atoms with van der Waals surface area (Å²) in [6.45, 7) is 11.2. The molecule has 1 aliphatic heterocycles. The Bertz CT molecular complexity index is 152. The Morgan fingerprint density at radius 2 is 1.69 bits per heavy atom. The maximum Gasteiger partial charge on any atom is 0.0558 e. The second-order valence-corrected chi connectivity index (χ2v) is 4.00. The largest absolute Gasteiger partial charge is 0.395 e. The summed E-state index contributed by atoms with van der Waals surface area (Å²) in [6, 6.07) is 1.22. The van der Waals surface area contributed by atoms with Gasteiger partial charge in [0, 0.05) is 31.7 Å². The molecular formula is C10H22N2O. The maximum atomic E-state index is 8.89. The molecule has 0 aliphatic carbocycles. The molecular weight excluding hydrogens is 164 g/mol. The van der Waals surface area contributed by atoms with Gasteiger partial charge in [-0.15, -0.1) is 0 Å². The summed E-state index contributed by atoms with van der Waals surface area (Å²) in [5, 5.41) is 8.89. The predicted octanol–water partition coefficient (Wildman–Crippen LogP) is 0.393. The van der Waals surface area contributed by atoms with Gasteiger partial charge in [0.2, 0.25) is 0 Å². The summed E-state index contributed by atoms with van der Waals surface area (Å²) >= 11 is 0. The van der Waals surface area contributed by atoms with Crippen molar-refractivity contribution in [3.05, 3.63) is 0 Å². The van der Waals surface area contributed by atoms with E-state index in [0.29, 0.717) is 12.1 Å². The highest BCUT2D eigenvalue weighted by atomic mass is 16.3. The zero-order valence-electron chi connectivity index (χ0n) is 9.03. The lowest BCUT2D eigenvalue weighted by molar-refractivity contribution is 0.0359. The van der Waals surface area contributed by atoms with E-state index in [1.807, 2.05) is 0 Å². The Morgan fingerprint density at radius 1 is 1.15 bits per heavy atom. The number of nitrogens with zero attached hydrogens (tertiary/aromatic N) is 2. The second-order valence-electron chi connectivity index (χ2n) is 4.00. The molecule has 2 atom stereocenters. The van der Waals surface area contributed by atoms with Crippen LogP contribution in [0.25, 0.3) is 0 Å². The third-order valence-electron chi connectivity index (χ3n) is 3.04. The summed E-state index contributed by atoms with van der Waals surface area (Å²) in [5.41, 5.74) is 0. The summed E-state index contributed by atoms with van der Waals surface area (Å²) in [5.74, 6) is 0. The first-order valence-corrected chi connectivity index (χ1v) is 5.28. The molecule has 1 fully saturated rings. The SMILES string of the molecule is CCN1C[C@H](C)N(CCO)C[C@@H]1C. The van der Waals surface area contributed by atoms with Gasteiger partial charge in [-0.05, 0) is 20.4 Å². The predicted molar refractivity (Wildman–Crippen MR) is 54.8 cm³/mol. The molecule has 0 bridgehead atoms. The first kappa shape index (κ1) is 11.0. The molecule has 1 heterocycles. The lowest BCUT2D eigenvalue weighted by Gasteiger charge is -2.43. The summed E-state index contributed by atoms with van der Waals surface area (Å²) in [7, 11) is 0. The quantitative estimate of drug-likeness (QED) is 0.691. The van der Waals surface area contributed by atoms with Crippen LogP contribution >= 0.6 is 0 Å². The van der Waals surface area contributed by atoms with Crippen LogP contribution in [0.15, 0.2) is 0 Å². The molecule has 3 nitrogen and oxygen atoms in total. The standard InChI is InChI=1S/C10H22N2O/c1-4-11-7-10(3)12(5-6-13)8-9(11)2/h9-10,13H,4-8H2,1-3H3/t9-,10-/m0/s1. The minimum Gasteiger partial charge on any atom is -0.395 e. The molecule has 78 valence electrons. The van der Waals surface area contributed by atoms with Crippen molar-refractivity contribution in [1.82, 2.24) is 9.80 Å². The molecule has 1 saturated heterocycles. The number of hydrogen-bond donors (Lipinski definition) is 1. The Hall–Kier alpha value is -0.120. The fourth-order valence-electron chi connectivity index (χ4n) is 2.15. The number of likely N-dealkylation sites (N-methyl/N-ethyl adjacent to an activating group) is 1. The monoisotopic (exact) mass is 186 g/mol. The van der Waals surface area contributed by atoms with Crippen molar-refractivity contribution in [1.29, 1.82) is 0 Å². The highest BCUT2D eigenvalue weighted by Crippen LogP contribution is 2.13. The molecule has 0 saturated carbocycles. The highest BCUT2D eigenvalue weighted by Gasteiger charge is 2.26. The van der Waals surface area contributed by atoms with Crippen molar-refractivity contribution in [3.8, 4) is 0 Å². The van der Waals surface area contributed by atoms with Crippen LogP contribution in [0, 0.1) is 0 Å². The lowest BCUT2D eigenvalue weighted by Crippen LogP contribution is -2.56. The lowest BCUT2D eigenvalue weighted by atomic mass is 10.1. The Labute approximate surface area is 81.3 Å². The van der Waals surface area contributed by atoms with Gasteiger partial charge >= 0.3 is 0 Å². The third-order valence-corrected chi connectivity index (χ3v) is 3.04. The van der Waals surface area contributed by atoms with E-state index in [-0.39, 0.29) is 6.61 Å². The van der Waals surface area contributed by atoms with Crippen LogP contribution < -0.4 is 0 Å². The number of β-amino-alcohol motifs (C(OH)–C–C–N with tert-alkyl or cyclic N) is 1. The molecule has 1 rings (SSSR count). The molecule has 0 aromatic heterocycles. The molecule has 13 heavy (non-hydrogen) atoms. The van der Waals surface area contributed by atoms with Gasteiger partial charge in [-0.1, -0.05) is 6.92 Å². The first-order valence-electron chi connectivity index (χ1n) is 5.28. The van der Waals surface area contributed by atoms with E-state index in [9.17, 15) is 0 Å². The average molecular weight is 186 g/mol. The minimum absolute atomic E-state index is 0.281. The molecule has 1 N–H and O–H groups in total. The summed E-state index contributed by atoms with van der Waals surface area (Å²) in [4.78, 5) is 4.87. The number of piperazine rings is 1. The molecule has 0 radical (unpaired) electrons. The van der Waals surface area contributed by atoms with Gasteiger partial charge < -0.3 is 5.11 Å². The number of hydrogen-bond acceptors (Lipinski definition) is 3. The van der Waals surface area contributed by atoms with E-state index in [1.54, 1.807) is 0 Å². The van der Waals surface area contributed by atoms with Crippen molar-refractivity contribution < 1.29 is 5.11 Å². The van der Waals surface area contributed by atoms with E-state index in [4.69, 9.17) is 5.11 Å². The molecule has 0 amide bonds. The van der Waals surface area contributed by atoms with Gasteiger partial charge in [-0.25, -0.2) is 0 Å². The molecule has 0 spiro atoms. The van der Waals surface area contributed by atoms with Crippen LogP contribution in [0.5, 0.6) is 0 Å². The topological polar surface area (TPSA) is 26.7 Å². The van der Waals surface area contributed by atoms with Crippen LogP contribution in [-0.4, -0.2) is 59.8 Å². The number of rotatable bonds is 3. The molecule has 0 unspecified atom stereocenters. The molecule has 3 heteroatoms. The van der Waals surface area contributed by atoms with Crippen LogP contribution in [0.2, 0.25) is 0 Å². The Balaban J connectivity index is 2.46. The molecule has 0 aromatic rings. The van der Waals surface area contributed by atoms with Crippen molar-refractivity contribution in [2.45, 2.75) is 32.9 Å². The fraction of sp³-hybridized carbons (Fsp3) is 1.00. The van der Waals surface area contributed by atoms with Crippen LogP contribution in [0.4, 0.5) is 0 Å². The van der Waals surface area contributed by atoms with Crippen molar-refractivity contribution in [2.75, 3.05) is 32.8 Å². The highest BCUT2D eigenvalue weighted by molar-refractivity contribution is 4.83. The fourth-order valence-corrected chi connectivity index (χ4v) is 2.15. The molecule has 0 aromatic carbocycles. The van der Waals surface area contributed by atoms with E-state index in [1.165, 1.54) is 0 Å².